The van der Waals surface area contributed by atoms with E-state index in [4.69, 9.17) is 0 Å². The largest absolute Gasteiger partial charge is 0.416 e. The predicted molar refractivity (Wildman–Crippen MR) is 75.8 cm³/mol. The third-order valence-corrected chi connectivity index (χ3v) is 3.23. The second-order valence-electron chi connectivity index (χ2n) is 4.76. The summed E-state index contributed by atoms with van der Waals surface area (Å²) < 4.78 is 37.8. The Morgan fingerprint density at radius 2 is 1.81 bits per heavy atom. The van der Waals surface area contributed by atoms with Crippen LogP contribution in [0.5, 0.6) is 0 Å². The van der Waals surface area contributed by atoms with Gasteiger partial charge in [0.05, 0.1) is 5.56 Å². The summed E-state index contributed by atoms with van der Waals surface area (Å²) in [5.41, 5.74) is 1.11. The van der Waals surface area contributed by atoms with Gasteiger partial charge in [-0.1, -0.05) is 25.1 Å². The van der Waals surface area contributed by atoms with Gasteiger partial charge in [-0.05, 0) is 36.4 Å². The topological polar surface area (TPSA) is 24.9 Å². The molecule has 1 aromatic heterocycles. The minimum atomic E-state index is -4.30. The second kappa shape index (κ2) is 6.72. The van der Waals surface area contributed by atoms with E-state index in [2.05, 4.69) is 10.3 Å². The summed E-state index contributed by atoms with van der Waals surface area (Å²) in [5, 5.41) is 3.28. The summed E-state index contributed by atoms with van der Waals surface area (Å²) in [6, 6.07) is 10.9. The number of aromatic nitrogens is 1. The molecule has 21 heavy (non-hydrogen) atoms. The van der Waals surface area contributed by atoms with Crippen molar-refractivity contribution in [3.05, 3.63) is 65.5 Å². The fourth-order valence-corrected chi connectivity index (χ4v) is 2.19. The Bertz CT molecular complexity index is 550. The normalized spacial score (nSPS) is 13.1. The van der Waals surface area contributed by atoms with Gasteiger partial charge in [0.15, 0.2) is 0 Å². The number of alkyl halides is 3. The first kappa shape index (κ1) is 15.5. The van der Waals surface area contributed by atoms with E-state index in [1.165, 1.54) is 12.1 Å². The van der Waals surface area contributed by atoms with E-state index in [9.17, 15) is 13.2 Å². The molecule has 5 heteroatoms. The van der Waals surface area contributed by atoms with Crippen LogP contribution >= 0.6 is 0 Å². The zero-order valence-electron chi connectivity index (χ0n) is 11.7. The number of nitrogens with zero attached hydrogens (tertiary/aromatic N) is 1. The molecule has 112 valence electrons. The lowest BCUT2D eigenvalue weighted by molar-refractivity contribution is -0.137. The molecule has 0 saturated carbocycles. The van der Waals surface area contributed by atoms with Gasteiger partial charge < -0.3 is 5.32 Å². The Labute approximate surface area is 122 Å². The van der Waals surface area contributed by atoms with Crippen molar-refractivity contribution < 1.29 is 13.2 Å². The quantitative estimate of drug-likeness (QED) is 0.901. The van der Waals surface area contributed by atoms with Crippen molar-refractivity contribution in [2.45, 2.75) is 25.6 Å². The molecule has 1 atom stereocenters. The number of halogens is 3. The number of benzene rings is 1. The number of likely N-dealkylation sites (N-methyl/N-ethyl adjacent to an activating group) is 1. The molecular weight excluding hydrogens is 277 g/mol. The highest BCUT2D eigenvalue weighted by molar-refractivity contribution is 5.27. The van der Waals surface area contributed by atoms with Crippen LogP contribution in [-0.4, -0.2) is 11.5 Å². The molecule has 0 spiro atoms. The molecule has 0 saturated heterocycles. The summed E-state index contributed by atoms with van der Waals surface area (Å²) >= 11 is 0. The number of hydrogen-bond donors (Lipinski definition) is 1. The molecule has 0 aliphatic heterocycles. The molecule has 1 N–H and O–H groups in total. The van der Waals surface area contributed by atoms with E-state index in [-0.39, 0.29) is 6.04 Å². The van der Waals surface area contributed by atoms with E-state index in [0.717, 1.165) is 29.9 Å². The summed E-state index contributed by atoms with van der Waals surface area (Å²) in [6.07, 6.45) is -1.95. The van der Waals surface area contributed by atoms with E-state index in [1.54, 1.807) is 6.20 Å². The molecule has 0 radical (unpaired) electrons. The molecule has 2 rings (SSSR count). The number of rotatable bonds is 5. The van der Waals surface area contributed by atoms with E-state index in [1.807, 2.05) is 25.1 Å². The van der Waals surface area contributed by atoms with Gasteiger partial charge in [0.2, 0.25) is 0 Å². The van der Waals surface area contributed by atoms with Crippen LogP contribution < -0.4 is 5.32 Å². The maximum atomic E-state index is 12.6. The Kier molecular flexibility index (Phi) is 4.96. The van der Waals surface area contributed by atoms with Gasteiger partial charge in [-0.15, -0.1) is 0 Å². The fraction of sp³-hybridized carbons (Fsp3) is 0.312. The first-order valence-electron chi connectivity index (χ1n) is 6.81. The van der Waals surface area contributed by atoms with Crippen LogP contribution in [0, 0.1) is 0 Å². The van der Waals surface area contributed by atoms with E-state index in [0.29, 0.717) is 6.42 Å². The molecule has 2 aromatic rings. The highest BCUT2D eigenvalue weighted by atomic mass is 19.4. The average Bonchev–Trinajstić information content (AvgIpc) is 2.47. The van der Waals surface area contributed by atoms with Gasteiger partial charge in [-0.2, -0.15) is 13.2 Å². The highest BCUT2D eigenvalue weighted by Gasteiger charge is 2.30. The van der Waals surface area contributed by atoms with Crippen molar-refractivity contribution >= 4 is 0 Å². The molecule has 0 aliphatic carbocycles. The minimum Gasteiger partial charge on any atom is -0.310 e. The standard InChI is InChI=1S/C16H17F3N2/c1-2-20-15(11-14-5-3-4-10-21-14)12-6-8-13(9-7-12)16(17,18)19/h3-10,15,20H,2,11H2,1H3. The second-order valence-corrected chi connectivity index (χ2v) is 4.76. The van der Waals surface area contributed by atoms with Crippen molar-refractivity contribution in [2.75, 3.05) is 6.54 Å². The van der Waals surface area contributed by atoms with Gasteiger partial charge in [0, 0.05) is 24.4 Å². The van der Waals surface area contributed by atoms with Crippen molar-refractivity contribution in [2.24, 2.45) is 0 Å². The van der Waals surface area contributed by atoms with Crippen LogP contribution in [0.2, 0.25) is 0 Å². The Balaban J connectivity index is 2.18. The molecule has 0 fully saturated rings. The van der Waals surface area contributed by atoms with Crippen LogP contribution in [0.1, 0.15) is 29.8 Å². The number of pyridine rings is 1. The van der Waals surface area contributed by atoms with Crippen molar-refractivity contribution in [3.63, 3.8) is 0 Å². The van der Waals surface area contributed by atoms with Crippen LogP contribution in [0.4, 0.5) is 13.2 Å². The molecule has 2 nitrogen and oxygen atoms in total. The first-order chi connectivity index (χ1) is 10.0. The van der Waals surface area contributed by atoms with Crippen molar-refractivity contribution in [3.8, 4) is 0 Å². The molecule has 1 heterocycles. The van der Waals surface area contributed by atoms with Crippen LogP contribution in [0.3, 0.4) is 0 Å². The number of nitrogens with one attached hydrogen (secondary N) is 1. The van der Waals surface area contributed by atoms with Crippen LogP contribution in [-0.2, 0) is 12.6 Å². The van der Waals surface area contributed by atoms with Gasteiger partial charge in [0.1, 0.15) is 0 Å². The van der Waals surface area contributed by atoms with Gasteiger partial charge in [-0.25, -0.2) is 0 Å². The van der Waals surface area contributed by atoms with Crippen molar-refractivity contribution in [1.29, 1.82) is 0 Å². The zero-order chi connectivity index (χ0) is 15.3. The highest BCUT2D eigenvalue weighted by Crippen LogP contribution is 2.30. The predicted octanol–water partition coefficient (Wildman–Crippen LogP) is 3.99. The fourth-order valence-electron chi connectivity index (χ4n) is 2.19. The molecule has 1 unspecified atom stereocenters. The lowest BCUT2D eigenvalue weighted by atomic mass is 10.00. The maximum Gasteiger partial charge on any atom is 0.416 e. The maximum absolute atomic E-state index is 12.6. The molecule has 1 aromatic carbocycles. The third-order valence-electron chi connectivity index (χ3n) is 3.23. The molecule has 0 amide bonds. The average molecular weight is 294 g/mol. The Morgan fingerprint density at radius 3 is 2.33 bits per heavy atom. The Morgan fingerprint density at radius 1 is 1.10 bits per heavy atom. The summed E-state index contributed by atoms with van der Waals surface area (Å²) in [4.78, 5) is 4.26. The summed E-state index contributed by atoms with van der Waals surface area (Å²) in [5.74, 6) is 0. The van der Waals surface area contributed by atoms with E-state index >= 15 is 0 Å². The molecule has 0 bridgehead atoms. The Hall–Kier alpha value is -1.88. The summed E-state index contributed by atoms with van der Waals surface area (Å²) in [7, 11) is 0. The molecule has 0 aliphatic rings. The molecular formula is C16H17F3N2. The third kappa shape index (κ3) is 4.29. The lowest BCUT2D eigenvalue weighted by Crippen LogP contribution is -2.23. The van der Waals surface area contributed by atoms with E-state index < -0.39 is 11.7 Å². The first-order valence-corrected chi connectivity index (χ1v) is 6.81. The van der Waals surface area contributed by atoms with Crippen LogP contribution in [0.15, 0.2) is 48.7 Å². The SMILES string of the molecule is CCNC(Cc1ccccn1)c1ccc(C(F)(F)F)cc1. The zero-order valence-corrected chi connectivity index (χ0v) is 11.7. The van der Waals surface area contributed by atoms with Gasteiger partial charge in [-0.3, -0.25) is 4.98 Å². The van der Waals surface area contributed by atoms with Gasteiger partial charge in [0.25, 0.3) is 0 Å². The monoisotopic (exact) mass is 294 g/mol. The summed E-state index contributed by atoms with van der Waals surface area (Å²) in [6.45, 7) is 2.70. The lowest BCUT2D eigenvalue weighted by Gasteiger charge is -2.18. The smallest absolute Gasteiger partial charge is 0.310 e. The van der Waals surface area contributed by atoms with Crippen molar-refractivity contribution in [1.82, 2.24) is 10.3 Å². The van der Waals surface area contributed by atoms with Gasteiger partial charge >= 0.3 is 6.18 Å². The minimum absolute atomic E-state index is 0.0489. The number of hydrogen-bond acceptors (Lipinski definition) is 2. The van der Waals surface area contributed by atoms with Crippen LogP contribution in [0.25, 0.3) is 0 Å².